The van der Waals surface area contributed by atoms with Gasteiger partial charge in [-0.05, 0) is 41.8 Å². The van der Waals surface area contributed by atoms with Crippen LogP contribution < -0.4 is 15.4 Å². The molecule has 2 aliphatic rings. The predicted molar refractivity (Wildman–Crippen MR) is 137 cm³/mol. The van der Waals surface area contributed by atoms with Crippen molar-refractivity contribution in [1.29, 1.82) is 0 Å². The van der Waals surface area contributed by atoms with Gasteiger partial charge in [-0.2, -0.15) is 0 Å². The van der Waals surface area contributed by atoms with Gasteiger partial charge in [0.1, 0.15) is 0 Å². The number of rotatable bonds is 4. The van der Waals surface area contributed by atoms with Gasteiger partial charge in [-0.25, -0.2) is 10.0 Å². The van der Waals surface area contributed by atoms with Gasteiger partial charge in [0.05, 0.1) is 11.4 Å². The maximum Gasteiger partial charge on any atom is 0.201 e. The third kappa shape index (κ3) is 3.91. The van der Waals surface area contributed by atoms with E-state index in [1.807, 2.05) is 30.3 Å². The van der Waals surface area contributed by atoms with E-state index in [2.05, 4.69) is 99.8 Å². The highest BCUT2D eigenvalue weighted by molar-refractivity contribution is 6.00. The number of hydrogen-bond acceptors (Lipinski definition) is 4. The second-order valence-electron chi connectivity index (χ2n) is 8.59. The van der Waals surface area contributed by atoms with Crippen LogP contribution in [-0.2, 0) is 13.0 Å². The summed E-state index contributed by atoms with van der Waals surface area (Å²) >= 11 is 0. The number of anilines is 2. The average molecular weight is 445 g/mol. The molecule has 2 heterocycles. The molecule has 0 spiro atoms. The van der Waals surface area contributed by atoms with Crippen molar-refractivity contribution in [3.63, 3.8) is 0 Å². The van der Waals surface area contributed by atoms with E-state index in [4.69, 9.17) is 10.5 Å². The van der Waals surface area contributed by atoms with E-state index in [1.54, 1.807) is 0 Å². The molecule has 0 aliphatic carbocycles. The molecule has 34 heavy (non-hydrogen) atoms. The fourth-order valence-electron chi connectivity index (χ4n) is 4.70. The van der Waals surface area contributed by atoms with Gasteiger partial charge < -0.3 is 0 Å². The molecule has 0 N–H and O–H groups in total. The summed E-state index contributed by atoms with van der Waals surface area (Å²) in [6.07, 6.45) is 0.818. The maximum atomic E-state index is 5.11. The van der Waals surface area contributed by atoms with Crippen LogP contribution in [0.3, 0.4) is 0 Å². The molecule has 2 aliphatic heterocycles. The van der Waals surface area contributed by atoms with E-state index >= 15 is 0 Å². The summed E-state index contributed by atoms with van der Waals surface area (Å²) in [5.74, 6) is 0.696. The second-order valence-corrected chi connectivity index (χ2v) is 8.59. The van der Waals surface area contributed by atoms with Gasteiger partial charge in [0.2, 0.25) is 6.29 Å². The normalized spacial score (nSPS) is 18.1. The fourth-order valence-corrected chi connectivity index (χ4v) is 4.70. The Bertz CT molecular complexity index is 1270. The lowest BCUT2D eigenvalue weighted by Gasteiger charge is -2.48. The number of amidine groups is 1. The standard InChI is InChI=1S/C29H26N5/c1-4-13-24(14-5-1)28-30-33(26-16-6-2-7-17-26)29(34(31-28)27-18-8-3-9-19-27)32-21-20-23-12-10-11-15-25(23)22-32/h1-19,29H,20-22H2. The first-order valence-corrected chi connectivity index (χ1v) is 11.7. The van der Waals surface area contributed by atoms with Gasteiger partial charge in [-0.15, -0.1) is 10.5 Å². The van der Waals surface area contributed by atoms with Crippen LogP contribution in [0.5, 0.6) is 0 Å². The van der Waals surface area contributed by atoms with Crippen LogP contribution in [0.1, 0.15) is 16.7 Å². The van der Waals surface area contributed by atoms with Gasteiger partial charge in [0.25, 0.3) is 0 Å². The molecular formula is C29H26N5. The summed E-state index contributed by atoms with van der Waals surface area (Å²) < 4.78 is 0. The first kappa shape index (κ1) is 20.5. The van der Waals surface area contributed by atoms with E-state index in [0.29, 0.717) is 5.84 Å². The lowest BCUT2D eigenvalue weighted by Crippen LogP contribution is -2.64. The number of fused-ring (bicyclic) bond motifs is 1. The smallest absolute Gasteiger partial charge is 0.201 e. The summed E-state index contributed by atoms with van der Waals surface area (Å²) in [6, 6.07) is 39.7. The summed E-state index contributed by atoms with van der Waals surface area (Å²) in [7, 11) is 0. The topological polar surface area (TPSA) is 36.2 Å². The van der Waals surface area contributed by atoms with Crippen molar-refractivity contribution in [3.8, 4) is 0 Å². The molecule has 5 heteroatoms. The molecule has 6 rings (SSSR count). The first-order valence-electron chi connectivity index (χ1n) is 11.7. The summed E-state index contributed by atoms with van der Waals surface area (Å²) in [6.45, 7) is 1.78. The quantitative estimate of drug-likeness (QED) is 0.432. The Morgan fingerprint density at radius 3 is 1.82 bits per heavy atom. The zero-order chi connectivity index (χ0) is 22.7. The molecule has 0 fully saturated rings. The Morgan fingerprint density at radius 2 is 1.15 bits per heavy atom. The third-order valence-corrected chi connectivity index (χ3v) is 6.40. The second kappa shape index (κ2) is 9.04. The lowest BCUT2D eigenvalue weighted by atomic mass is 10.00. The number of nitrogens with zero attached hydrogens (tertiary/aromatic N) is 5. The minimum Gasteiger partial charge on any atom is -0.259 e. The number of benzene rings is 4. The van der Waals surface area contributed by atoms with Gasteiger partial charge >= 0.3 is 0 Å². The van der Waals surface area contributed by atoms with Crippen LogP contribution in [-0.4, -0.2) is 23.6 Å². The van der Waals surface area contributed by atoms with E-state index in [1.165, 1.54) is 11.1 Å². The molecule has 4 aromatic carbocycles. The van der Waals surface area contributed by atoms with E-state index in [-0.39, 0.29) is 6.29 Å². The number of hydrogen-bond donors (Lipinski definition) is 0. The van der Waals surface area contributed by atoms with Crippen LogP contribution in [0.25, 0.3) is 0 Å². The van der Waals surface area contributed by atoms with Crippen LogP contribution in [0, 0.1) is 0 Å². The highest BCUT2D eigenvalue weighted by Gasteiger charge is 2.39. The summed E-state index contributed by atoms with van der Waals surface area (Å²) in [4.78, 5) is 2.47. The van der Waals surface area contributed by atoms with Gasteiger partial charge in [-0.3, -0.25) is 4.90 Å². The predicted octanol–water partition coefficient (Wildman–Crippen LogP) is 5.24. The van der Waals surface area contributed by atoms with Crippen molar-refractivity contribution in [2.45, 2.75) is 19.3 Å². The third-order valence-electron chi connectivity index (χ3n) is 6.40. The van der Waals surface area contributed by atoms with Crippen molar-refractivity contribution < 1.29 is 0 Å². The van der Waals surface area contributed by atoms with Crippen LogP contribution in [0.15, 0.2) is 120 Å². The minimum absolute atomic E-state index is 0.189. The average Bonchev–Trinajstić information content (AvgIpc) is 2.93. The highest BCUT2D eigenvalue weighted by atomic mass is 15.8. The first-order chi connectivity index (χ1) is 16.9. The molecule has 1 unspecified atom stereocenters. The molecule has 0 bridgehead atoms. The molecule has 1 atom stereocenters. The van der Waals surface area contributed by atoms with Crippen molar-refractivity contribution >= 4 is 17.2 Å². The lowest BCUT2D eigenvalue weighted by molar-refractivity contribution is 0.157. The van der Waals surface area contributed by atoms with Gasteiger partial charge in [-0.1, -0.05) is 91.0 Å². The maximum absolute atomic E-state index is 5.11. The number of hydrazone groups is 1. The summed E-state index contributed by atoms with van der Waals surface area (Å²) in [5, 5.41) is 9.35. The van der Waals surface area contributed by atoms with Crippen molar-refractivity contribution in [1.82, 2.24) is 10.3 Å². The molecular weight excluding hydrogens is 418 g/mol. The molecule has 4 aromatic rings. The van der Waals surface area contributed by atoms with Crippen molar-refractivity contribution in [2.75, 3.05) is 16.6 Å². The molecule has 167 valence electrons. The number of para-hydroxylation sites is 2. The Hall–Kier alpha value is -4.09. The van der Waals surface area contributed by atoms with Crippen molar-refractivity contribution in [3.05, 3.63) is 132 Å². The largest absolute Gasteiger partial charge is 0.259 e. The molecule has 0 saturated heterocycles. The zero-order valence-corrected chi connectivity index (χ0v) is 18.9. The Balaban J connectivity index is 1.48. The molecule has 5 nitrogen and oxygen atoms in total. The zero-order valence-electron chi connectivity index (χ0n) is 18.9. The Morgan fingerprint density at radius 1 is 0.588 bits per heavy atom. The molecule has 0 amide bonds. The monoisotopic (exact) mass is 444 g/mol. The van der Waals surface area contributed by atoms with Crippen molar-refractivity contribution in [2.24, 2.45) is 5.10 Å². The SMILES string of the molecule is c1ccc(C2=NN(c3ccccc3)C(N3CCc4ccccc4C3)N(c3ccccc3)[N]2)cc1. The van der Waals surface area contributed by atoms with E-state index in [9.17, 15) is 0 Å². The van der Waals surface area contributed by atoms with Crippen LogP contribution >= 0.6 is 0 Å². The molecule has 1 radical (unpaired) electrons. The Kier molecular flexibility index (Phi) is 5.45. The van der Waals surface area contributed by atoms with Gasteiger partial charge in [0.15, 0.2) is 5.84 Å². The fraction of sp³-hybridized carbons (Fsp3) is 0.138. The van der Waals surface area contributed by atoms with Crippen LogP contribution in [0.4, 0.5) is 11.4 Å². The minimum atomic E-state index is -0.189. The molecule has 0 saturated carbocycles. The molecule has 0 aromatic heterocycles. The highest BCUT2D eigenvalue weighted by Crippen LogP contribution is 2.32. The van der Waals surface area contributed by atoms with E-state index < -0.39 is 0 Å². The van der Waals surface area contributed by atoms with Crippen LogP contribution in [0.2, 0.25) is 0 Å². The van der Waals surface area contributed by atoms with E-state index in [0.717, 1.165) is 36.4 Å². The Labute approximate surface area is 200 Å². The summed E-state index contributed by atoms with van der Waals surface area (Å²) in [5.41, 5.74) is 11.0. The van der Waals surface area contributed by atoms with Gasteiger partial charge in [0, 0.05) is 18.7 Å².